The average Bonchev–Trinajstić information content (AvgIpc) is 2.20. The number of rotatable bonds is 5. The van der Waals surface area contributed by atoms with Crippen LogP contribution in [0, 0.1) is 6.92 Å². The van der Waals surface area contributed by atoms with Gasteiger partial charge in [0.1, 0.15) is 0 Å². The van der Waals surface area contributed by atoms with Gasteiger partial charge in [-0.2, -0.15) is 0 Å². The van der Waals surface area contributed by atoms with E-state index in [0.29, 0.717) is 5.69 Å². The molecule has 0 saturated carbocycles. The van der Waals surface area contributed by atoms with Crippen LogP contribution in [0.5, 0.6) is 0 Å². The fraction of sp³-hybridized carbons (Fsp3) is 0.455. The summed E-state index contributed by atoms with van der Waals surface area (Å²) >= 11 is 5.43. The van der Waals surface area contributed by atoms with Gasteiger partial charge in [0.05, 0.1) is 11.4 Å². The number of hydrogen-bond donors (Lipinski definition) is 1. The fourth-order valence-corrected chi connectivity index (χ4v) is 2.89. The van der Waals surface area contributed by atoms with Crippen molar-refractivity contribution in [3.8, 4) is 0 Å². The van der Waals surface area contributed by atoms with E-state index in [-0.39, 0.29) is 11.6 Å². The Hall–Kier alpha value is -0.940. The minimum atomic E-state index is -3.34. The maximum atomic E-state index is 11.6. The van der Waals surface area contributed by atoms with Crippen LogP contribution in [0.3, 0.4) is 0 Å². The van der Waals surface area contributed by atoms with E-state index in [4.69, 9.17) is 11.6 Å². The molecule has 0 saturated heterocycles. The van der Waals surface area contributed by atoms with Crippen molar-refractivity contribution >= 4 is 33.0 Å². The van der Waals surface area contributed by atoms with Crippen LogP contribution in [0.1, 0.15) is 5.56 Å². The predicted molar refractivity (Wildman–Crippen MR) is 73.6 cm³/mol. The molecule has 4 nitrogen and oxygen atoms in total. The van der Waals surface area contributed by atoms with Gasteiger partial charge in [0, 0.05) is 25.7 Å². The van der Waals surface area contributed by atoms with Crippen LogP contribution in [0.25, 0.3) is 0 Å². The molecule has 0 aromatic heterocycles. The summed E-state index contributed by atoms with van der Waals surface area (Å²) in [5.74, 6) is 0.00145. The Labute approximate surface area is 108 Å². The SMILES string of the molecule is Cc1ccc(NS(=O)(=O)CCCl)cc1N(C)C. The van der Waals surface area contributed by atoms with Crippen molar-refractivity contribution < 1.29 is 8.42 Å². The van der Waals surface area contributed by atoms with Gasteiger partial charge in [-0.1, -0.05) is 6.07 Å². The van der Waals surface area contributed by atoms with E-state index in [9.17, 15) is 8.42 Å². The Morgan fingerprint density at radius 3 is 2.53 bits per heavy atom. The monoisotopic (exact) mass is 276 g/mol. The number of halogens is 1. The van der Waals surface area contributed by atoms with Gasteiger partial charge in [0.25, 0.3) is 0 Å². The van der Waals surface area contributed by atoms with E-state index >= 15 is 0 Å². The Bertz CT molecular complexity index is 486. The van der Waals surface area contributed by atoms with Crippen molar-refractivity contribution in [3.63, 3.8) is 0 Å². The van der Waals surface area contributed by atoms with Gasteiger partial charge in [0.2, 0.25) is 10.0 Å². The molecule has 1 aromatic carbocycles. The molecule has 0 heterocycles. The molecule has 0 aliphatic rings. The van der Waals surface area contributed by atoms with Gasteiger partial charge in [0.15, 0.2) is 0 Å². The third kappa shape index (κ3) is 4.09. The molecule has 96 valence electrons. The van der Waals surface area contributed by atoms with Crippen molar-refractivity contribution in [3.05, 3.63) is 23.8 Å². The van der Waals surface area contributed by atoms with Gasteiger partial charge < -0.3 is 4.90 Å². The Morgan fingerprint density at radius 2 is 2.00 bits per heavy atom. The van der Waals surface area contributed by atoms with Crippen LogP contribution in [0.4, 0.5) is 11.4 Å². The summed E-state index contributed by atoms with van der Waals surface area (Å²) in [5, 5.41) is 0. The largest absolute Gasteiger partial charge is 0.377 e. The van der Waals surface area contributed by atoms with Crippen molar-refractivity contribution in [1.82, 2.24) is 0 Å². The Kier molecular flexibility index (Phi) is 4.65. The summed E-state index contributed by atoms with van der Waals surface area (Å²) in [4.78, 5) is 1.94. The maximum absolute atomic E-state index is 11.6. The molecule has 17 heavy (non-hydrogen) atoms. The summed E-state index contributed by atoms with van der Waals surface area (Å²) < 4.78 is 25.6. The van der Waals surface area contributed by atoms with Gasteiger partial charge in [-0.3, -0.25) is 4.72 Å². The lowest BCUT2D eigenvalue weighted by atomic mass is 10.2. The van der Waals surface area contributed by atoms with Gasteiger partial charge in [-0.05, 0) is 24.6 Å². The molecule has 0 fully saturated rings. The second-order valence-corrected chi connectivity index (χ2v) is 6.23. The van der Waals surface area contributed by atoms with E-state index < -0.39 is 10.0 Å². The standard InChI is InChI=1S/C11H17ClN2O2S/c1-9-4-5-10(8-11(9)14(2)3)13-17(15,16)7-6-12/h4-5,8,13H,6-7H2,1-3H3. The minimum absolute atomic E-state index is 0.0836. The van der Waals surface area contributed by atoms with Crippen LogP contribution >= 0.6 is 11.6 Å². The second kappa shape index (κ2) is 5.60. The summed E-state index contributed by atoms with van der Waals surface area (Å²) in [6.07, 6.45) is 0. The lowest BCUT2D eigenvalue weighted by molar-refractivity contribution is 0.602. The number of anilines is 2. The van der Waals surface area contributed by atoms with Crippen LogP contribution in [-0.2, 0) is 10.0 Å². The first-order valence-corrected chi connectivity index (χ1v) is 7.39. The molecule has 0 aliphatic heterocycles. The van der Waals surface area contributed by atoms with E-state index in [0.717, 1.165) is 11.3 Å². The smallest absolute Gasteiger partial charge is 0.233 e. The number of nitrogens with zero attached hydrogens (tertiary/aromatic N) is 1. The summed E-state index contributed by atoms with van der Waals surface area (Å²) in [7, 11) is 0.492. The number of alkyl halides is 1. The topological polar surface area (TPSA) is 49.4 Å². The van der Waals surface area contributed by atoms with E-state index in [1.807, 2.05) is 32.0 Å². The highest BCUT2D eigenvalue weighted by molar-refractivity contribution is 7.92. The van der Waals surface area contributed by atoms with Crippen LogP contribution < -0.4 is 9.62 Å². The quantitative estimate of drug-likeness (QED) is 0.838. The minimum Gasteiger partial charge on any atom is -0.377 e. The molecular formula is C11H17ClN2O2S. The molecular weight excluding hydrogens is 260 g/mol. The highest BCUT2D eigenvalue weighted by Crippen LogP contribution is 2.23. The number of benzene rings is 1. The Morgan fingerprint density at radius 1 is 1.35 bits per heavy atom. The van der Waals surface area contributed by atoms with Gasteiger partial charge >= 0.3 is 0 Å². The predicted octanol–water partition coefficient (Wildman–Crippen LogP) is 2.04. The van der Waals surface area contributed by atoms with E-state index in [2.05, 4.69) is 4.72 Å². The molecule has 0 unspecified atom stereocenters. The first-order chi connectivity index (χ1) is 7.85. The highest BCUT2D eigenvalue weighted by Gasteiger charge is 2.10. The summed E-state index contributed by atoms with van der Waals surface area (Å²) in [6.45, 7) is 1.98. The van der Waals surface area contributed by atoms with Gasteiger partial charge in [-0.25, -0.2) is 8.42 Å². The van der Waals surface area contributed by atoms with Crippen LogP contribution in [0.15, 0.2) is 18.2 Å². The molecule has 0 atom stereocenters. The molecule has 0 aliphatic carbocycles. The fourth-order valence-electron chi connectivity index (χ4n) is 1.49. The second-order valence-electron chi connectivity index (χ2n) is 4.01. The zero-order chi connectivity index (χ0) is 13.1. The van der Waals surface area contributed by atoms with Crippen LogP contribution in [-0.4, -0.2) is 34.1 Å². The van der Waals surface area contributed by atoms with Crippen molar-refractivity contribution in [1.29, 1.82) is 0 Å². The van der Waals surface area contributed by atoms with Crippen molar-refractivity contribution in [2.45, 2.75) is 6.92 Å². The number of nitrogens with one attached hydrogen (secondary N) is 1. The summed E-state index contributed by atoms with van der Waals surface area (Å²) in [6, 6.07) is 5.43. The number of sulfonamides is 1. The molecule has 0 radical (unpaired) electrons. The molecule has 0 bridgehead atoms. The molecule has 0 amide bonds. The normalized spacial score (nSPS) is 11.3. The lowest BCUT2D eigenvalue weighted by Gasteiger charge is -2.17. The Balaban J connectivity index is 2.97. The molecule has 0 spiro atoms. The van der Waals surface area contributed by atoms with Crippen molar-refractivity contribution in [2.75, 3.05) is 35.4 Å². The third-order valence-electron chi connectivity index (χ3n) is 2.31. The first-order valence-electron chi connectivity index (χ1n) is 5.20. The van der Waals surface area contributed by atoms with Crippen LogP contribution in [0.2, 0.25) is 0 Å². The summed E-state index contributed by atoms with van der Waals surface area (Å²) in [5.41, 5.74) is 2.63. The first kappa shape index (κ1) is 14.1. The molecule has 6 heteroatoms. The highest BCUT2D eigenvalue weighted by atomic mass is 35.5. The number of hydrogen-bond acceptors (Lipinski definition) is 3. The zero-order valence-electron chi connectivity index (χ0n) is 10.2. The molecule has 1 aromatic rings. The van der Waals surface area contributed by atoms with Gasteiger partial charge in [-0.15, -0.1) is 11.6 Å². The lowest BCUT2D eigenvalue weighted by Crippen LogP contribution is -2.18. The number of aryl methyl sites for hydroxylation is 1. The molecule has 1 rings (SSSR count). The van der Waals surface area contributed by atoms with E-state index in [1.165, 1.54) is 0 Å². The molecule has 1 N–H and O–H groups in total. The van der Waals surface area contributed by atoms with E-state index in [1.54, 1.807) is 12.1 Å². The third-order valence-corrected chi connectivity index (χ3v) is 4.01. The maximum Gasteiger partial charge on any atom is 0.233 e. The van der Waals surface area contributed by atoms with Crippen molar-refractivity contribution in [2.24, 2.45) is 0 Å². The zero-order valence-corrected chi connectivity index (χ0v) is 11.8. The average molecular weight is 277 g/mol.